The van der Waals surface area contributed by atoms with E-state index in [-0.39, 0.29) is 41.3 Å². The lowest BCUT2D eigenvalue weighted by Gasteiger charge is -2.19. The summed E-state index contributed by atoms with van der Waals surface area (Å²) in [5, 5.41) is 8.49. The molecule has 0 saturated heterocycles. The highest BCUT2D eigenvalue weighted by Gasteiger charge is 2.33. The molecular weight excluding hydrogens is 306 g/mol. The molecule has 5 nitrogen and oxygen atoms in total. The average molecular weight is 319 g/mol. The van der Waals surface area contributed by atoms with Crippen LogP contribution in [0.2, 0.25) is 0 Å². The third-order valence-corrected chi connectivity index (χ3v) is 3.84. The molecule has 0 unspecified atom stereocenters. The molecule has 0 N–H and O–H groups in total. The molecule has 0 aromatic heterocycles. The van der Waals surface area contributed by atoms with E-state index in [0.29, 0.717) is 17.5 Å². The largest absolute Gasteiger partial charge is 0.462 e. The van der Waals surface area contributed by atoms with Gasteiger partial charge in [-0.1, -0.05) is 36.4 Å². The number of hydrogen-bond donors (Lipinski definition) is 0. The van der Waals surface area contributed by atoms with Crippen LogP contribution >= 0.6 is 0 Å². The molecule has 5 heteroatoms. The third-order valence-electron chi connectivity index (χ3n) is 3.84. The number of fused-ring (bicyclic) bond motifs is 2. The minimum Gasteiger partial charge on any atom is -0.462 e. The van der Waals surface area contributed by atoms with E-state index in [0.717, 1.165) is 0 Å². The van der Waals surface area contributed by atoms with E-state index < -0.39 is 5.97 Å². The molecule has 0 spiro atoms. The fourth-order valence-corrected chi connectivity index (χ4v) is 2.71. The summed E-state index contributed by atoms with van der Waals surface area (Å²) >= 11 is 0. The van der Waals surface area contributed by atoms with Gasteiger partial charge in [0.25, 0.3) is 0 Å². The fraction of sp³-hybridized carbons (Fsp3) is 0.158. The van der Waals surface area contributed by atoms with Crippen molar-refractivity contribution >= 4 is 17.5 Å². The molecule has 24 heavy (non-hydrogen) atoms. The van der Waals surface area contributed by atoms with Crippen LogP contribution in [0.1, 0.15) is 55.0 Å². The van der Waals surface area contributed by atoms with Crippen LogP contribution in [0, 0.1) is 11.3 Å². The molecule has 118 valence electrons. The van der Waals surface area contributed by atoms with Gasteiger partial charge in [-0.2, -0.15) is 5.26 Å². The Morgan fingerprint density at radius 2 is 1.62 bits per heavy atom. The number of unbranched alkanes of at least 4 members (excludes halogenated alkanes) is 1. The Hall–Kier alpha value is -3.26. The van der Waals surface area contributed by atoms with Crippen LogP contribution in [-0.2, 0) is 4.74 Å². The summed E-state index contributed by atoms with van der Waals surface area (Å²) < 4.78 is 5.11. The Balaban J connectivity index is 1.98. The zero-order valence-electron chi connectivity index (χ0n) is 12.7. The van der Waals surface area contributed by atoms with Crippen molar-refractivity contribution in [1.82, 2.24) is 0 Å². The Morgan fingerprint density at radius 1 is 0.958 bits per heavy atom. The summed E-state index contributed by atoms with van der Waals surface area (Å²) in [6.45, 7) is 0.0920. The number of carbonyl (C=O) groups excluding carboxylic acids is 3. The summed E-state index contributed by atoms with van der Waals surface area (Å²) in [6, 6.07) is 13.1. The van der Waals surface area contributed by atoms with Gasteiger partial charge in [0.05, 0.1) is 18.2 Å². The van der Waals surface area contributed by atoms with Gasteiger partial charge in [-0.3, -0.25) is 9.59 Å². The maximum Gasteiger partial charge on any atom is 0.338 e. The molecule has 0 aliphatic heterocycles. The zero-order valence-corrected chi connectivity index (χ0v) is 12.7. The van der Waals surface area contributed by atoms with Gasteiger partial charge in [0.15, 0.2) is 11.6 Å². The topological polar surface area (TPSA) is 84.2 Å². The number of benzene rings is 2. The average Bonchev–Trinajstić information content (AvgIpc) is 2.62. The van der Waals surface area contributed by atoms with Crippen LogP contribution in [0.15, 0.2) is 42.5 Å². The summed E-state index contributed by atoms with van der Waals surface area (Å²) in [7, 11) is 0. The van der Waals surface area contributed by atoms with Crippen molar-refractivity contribution in [3.8, 4) is 6.07 Å². The lowest BCUT2D eigenvalue weighted by molar-refractivity contribution is 0.0499. The van der Waals surface area contributed by atoms with Gasteiger partial charge < -0.3 is 4.74 Å². The first kappa shape index (κ1) is 15.6. The quantitative estimate of drug-likeness (QED) is 0.545. The van der Waals surface area contributed by atoms with Gasteiger partial charge in [-0.05, 0) is 12.5 Å². The SMILES string of the molecule is N#CCCCOC(=O)c1cccc2c1C(=O)c1ccccc1C2=O. The smallest absolute Gasteiger partial charge is 0.338 e. The van der Waals surface area contributed by atoms with E-state index in [2.05, 4.69) is 0 Å². The van der Waals surface area contributed by atoms with Gasteiger partial charge in [0.1, 0.15) is 0 Å². The highest BCUT2D eigenvalue weighted by Crippen LogP contribution is 2.29. The Bertz CT molecular complexity index is 892. The van der Waals surface area contributed by atoms with Gasteiger partial charge in [-0.15, -0.1) is 0 Å². The second-order valence-electron chi connectivity index (χ2n) is 5.33. The fourth-order valence-electron chi connectivity index (χ4n) is 2.71. The van der Waals surface area contributed by atoms with Crippen LogP contribution in [0.5, 0.6) is 0 Å². The van der Waals surface area contributed by atoms with Crippen molar-refractivity contribution < 1.29 is 19.1 Å². The van der Waals surface area contributed by atoms with Gasteiger partial charge >= 0.3 is 5.97 Å². The van der Waals surface area contributed by atoms with Gasteiger partial charge in [-0.25, -0.2) is 4.79 Å². The van der Waals surface area contributed by atoms with Crippen LogP contribution in [-0.4, -0.2) is 24.1 Å². The number of esters is 1. The first-order valence-electron chi connectivity index (χ1n) is 7.50. The summed E-state index contributed by atoms with van der Waals surface area (Å²) in [4.78, 5) is 37.6. The predicted molar refractivity (Wildman–Crippen MR) is 84.9 cm³/mol. The number of hydrogen-bond acceptors (Lipinski definition) is 5. The monoisotopic (exact) mass is 319 g/mol. The Morgan fingerprint density at radius 3 is 2.33 bits per heavy atom. The van der Waals surface area contributed by atoms with Crippen molar-refractivity contribution in [1.29, 1.82) is 5.26 Å². The van der Waals surface area contributed by atoms with Gasteiger partial charge in [0, 0.05) is 28.7 Å². The van der Waals surface area contributed by atoms with E-state index in [9.17, 15) is 14.4 Å². The number of ketones is 2. The van der Waals surface area contributed by atoms with E-state index in [1.165, 1.54) is 12.1 Å². The number of nitrogens with zero attached hydrogens (tertiary/aromatic N) is 1. The van der Waals surface area contributed by atoms with Crippen molar-refractivity contribution in [2.24, 2.45) is 0 Å². The van der Waals surface area contributed by atoms with E-state index in [4.69, 9.17) is 10.00 Å². The molecule has 0 bridgehead atoms. The normalized spacial score (nSPS) is 12.1. The second kappa shape index (κ2) is 6.47. The number of rotatable bonds is 4. The van der Waals surface area contributed by atoms with Crippen molar-refractivity contribution in [2.75, 3.05) is 6.61 Å². The first-order chi connectivity index (χ1) is 11.6. The third kappa shape index (κ3) is 2.59. The molecule has 2 aromatic carbocycles. The number of nitriles is 1. The first-order valence-corrected chi connectivity index (χ1v) is 7.50. The Labute approximate surface area is 138 Å². The van der Waals surface area contributed by atoms with Crippen molar-refractivity contribution in [3.63, 3.8) is 0 Å². The van der Waals surface area contributed by atoms with Gasteiger partial charge in [0.2, 0.25) is 0 Å². The van der Waals surface area contributed by atoms with Crippen LogP contribution in [0.3, 0.4) is 0 Å². The molecule has 0 radical (unpaired) electrons. The molecule has 2 aromatic rings. The molecule has 0 heterocycles. The lowest BCUT2D eigenvalue weighted by Crippen LogP contribution is -2.24. The predicted octanol–water partition coefficient (Wildman–Crippen LogP) is 2.92. The van der Waals surface area contributed by atoms with Crippen LogP contribution in [0.25, 0.3) is 0 Å². The second-order valence-corrected chi connectivity index (χ2v) is 5.33. The maximum absolute atomic E-state index is 12.8. The molecule has 3 rings (SSSR count). The molecule has 0 atom stereocenters. The Kier molecular flexibility index (Phi) is 4.21. The van der Waals surface area contributed by atoms with Crippen molar-refractivity contribution in [3.05, 3.63) is 70.3 Å². The van der Waals surface area contributed by atoms with Crippen LogP contribution in [0.4, 0.5) is 0 Å². The summed E-state index contributed by atoms with van der Waals surface area (Å²) in [5.41, 5.74) is 1.02. The molecule has 1 aliphatic rings. The highest BCUT2D eigenvalue weighted by molar-refractivity contribution is 6.30. The zero-order chi connectivity index (χ0) is 17.1. The molecular formula is C19H13NO4. The minimum atomic E-state index is -0.662. The molecule has 0 amide bonds. The summed E-state index contributed by atoms with van der Waals surface area (Å²) in [5.74, 6) is -1.30. The van der Waals surface area contributed by atoms with Crippen molar-refractivity contribution in [2.45, 2.75) is 12.8 Å². The molecule has 0 fully saturated rings. The van der Waals surface area contributed by atoms with E-state index in [1.807, 2.05) is 6.07 Å². The standard InChI is InChI=1S/C19H13NO4/c20-10-3-4-11-24-19(23)15-9-5-8-14-16(15)18(22)13-7-2-1-6-12(13)17(14)21/h1-2,5-9H,3-4,11H2. The number of carbonyl (C=O) groups is 3. The minimum absolute atomic E-state index is 0.0808. The summed E-state index contributed by atoms with van der Waals surface area (Å²) in [6.07, 6.45) is 0.706. The lowest BCUT2D eigenvalue weighted by atomic mass is 9.82. The molecule has 1 aliphatic carbocycles. The molecule has 0 saturated carbocycles. The number of ether oxygens (including phenoxy) is 1. The van der Waals surface area contributed by atoms with E-state index >= 15 is 0 Å². The maximum atomic E-state index is 12.8. The van der Waals surface area contributed by atoms with Crippen LogP contribution < -0.4 is 0 Å². The van der Waals surface area contributed by atoms with E-state index in [1.54, 1.807) is 30.3 Å². The highest BCUT2D eigenvalue weighted by atomic mass is 16.5.